The minimum atomic E-state index is -0.733. The number of hydrogen-bond donors (Lipinski definition) is 0. The molecule has 1 saturated carbocycles. The molecule has 3 rings (SSSR count). The largest absolute Gasteiger partial charge is 0.392 e. The van der Waals surface area contributed by atoms with Gasteiger partial charge in [-0.2, -0.15) is 0 Å². The molecule has 13 heavy (non-hydrogen) atoms. The molecule has 0 aromatic heterocycles. The minimum Gasteiger partial charge on any atom is -0.392 e. The third kappa shape index (κ3) is 0.676. The van der Waals surface area contributed by atoms with E-state index in [4.69, 9.17) is 0 Å². The SMILES string of the molecule is O=C1OC(=O)[C@@]2(Br)[C@H]3C=C[C@@H](C3)[C@H]12. The van der Waals surface area contributed by atoms with E-state index < -0.39 is 10.3 Å². The van der Waals surface area contributed by atoms with Crippen molar-refractivity contribution < 1.29 is 14.3 Å². The van der Waals surface area contributed by atoms with Gasteiger partial charge >= 0.3 is 11.9 Å². The summed E-state index contributed by atoms with van der Waals surface area (Å²) in [5.74, 6) is -0.710. The number of rotatable bonds is 0. The highest BCUT2D eigenvalue weighted by Crippen LogP contribution is 2.58. The van der Waals surface area contributed by atoms with E-state index in [-0.39, 0.29) is 23.7 Å². The fourth-order valence-electron chi connectivity index (χ4n) is 2.69. The van der Waals surface area contributed by atoms with Crippen molar-refractivity contribution in [3.8, 4) is 0 Å². The van der Waals surface area contributed by atoms with Crippen molar-refractivity contribution in [1.82, 2.24) is 0 Å². The summed E-state index contributed by atoms with van der Waals surface area (Å²) in [6.45, 7) is 0. The molecule has 1 aliphatic heterocycles. The van der Waals surface area contributed by atoms with E-state index in [0.717, 1.165) is 6.42 Å². The zero-order valence-corrected chi connectivity index (χ0v) is 8.28. The Morgan fingerprint density at radius 3 is 2.92 bits per heavy atom. The molecule has 2 bridgehead atoms. The first-order valence-electron chi connectivity index (χ1n) is 4.27. The minimum absolute atomic E-state index is 0.140. The molecular weight excluding hydrogens is 236 g/mol. The molecule has 3 nitrogen and oxygen atoms in total. The van der Waals surface area contributed by atoms with Gasteiger partial charge in [-0.05, 0) is 12.3 Å². The highest BCUT2D eigenvalue weighted by atomic mass is 79.9. The Bertz CT molecular complexity index is 349. The van der Waals surface area contributed by atoms with Gasteiger partial charge in [0.15, 0.2) is 0 Å². The number of ether oxygens (including phenoxy) is 1. The van der Waals surface area contributed by atoms with E-state index in [1.54, 1.807) is 0 Å². The molecule has 2 aliphatic carbocycles. The number of allylic oxidation sites excluding steroid dienone is 2. The van der Waals surface area contributed by atoms with Gasteiger partial charge in [0.05, 0.1) is 5.92 Å². The van der Waals surface area contributed by atoms with Crippen molar-refractivity contribution in [2.75, 3.05) is 0 Å². The Hall–Kier alpha value is -0.640. The fraction of sp³-hybridized carbons (Fsp3) is 0.556. The topological polar surface area (TPSA) is 43.4 Å². The van der Waals surface area contributed by atoms with E-state index in [0.29, 0.717) is 0 Å². The van der Waals surface area contributed by atoms with Crippen LogP contribution in [0.15, 0.2) is 12.2 Å². The molecule has 68 valence electrons. The Kier molecular flexibility index (Phi) is 1.22. The number of cyclic esters (lactones) is 2. The Labute approximate surface area is 83.3 Å². The van der Waals surface area contributed by atoms with E-state index in [1.165, 1.54) is 0 Å². The number of hydrogen-bond acceptors (Lipinski definition) is 3. The third-order valence-electron chi connectivity index (χ3n) is 3.30. The van der Waals surface area contributed by atoms with E-state index in [1.807, 2.05) is 12.2 Å². The van der Waals surface area contributed by atoms with Crippen LogP contribution in [0.4, 0.5) is 0 Å². The molecule has 1 heterocycles. The van der Waals surface area contributed by atoms with Crippen molar-refractivity contribution in [1.29, 1.82) is 0 Å². The molecule has 4 atom stereocenters. The predicted molar refractivity (Wildman–Crippen MR) is 47.0 cm³/mol. The molecule has 0 unspecified atom stereocenters. The van der Waals surface area contributed by atoms with Crippen LogP contribution in [0.3, 0.4) is 0 Å². The van der Waals surface area contributed by atoms with Gasteiger partial charge in [0, 0.05) is 5.92 Å². The highest BCUT2D eigenvalue weighted by molar-refractivity contribution is 9.10. The molecule has 0 aromatic rings. The van der Waals surface area contributed by atoms with Crippen LogP contribution in [0.1, 0.15) is 6.42 Å². The lowest BCUT2D eigenvalue weighted by molar-refractivity contribution is -0.154. The number of alkyl halides is 1. The Balaban J connectivity index is 2.17. The summed E-state index contributed by atoms with van der Waals surface area (Å²) in [5.41, 5.74) is 0. The van der Waals surface area contributed by atoms with Gasteiger partial charge in [-0.15, -0.1) is 0 Å². The molecule has 0 spiro atoms. The van der Waals surface area contributed by atoms with E-state index >= 15 is 0 Å². The maximum absolute atomic E-state index is 11.5. The van der Waals surface area contributed by atoms with Crippen molar-refractivity contribution in [2.45, 2.75) is 10.7 Å². The second-order valence-electron chi connectivity index (χ2n) is 3.85. The number of esters is 2. The summed E-state index contributed by atoms with van der Waals surface area (Å²) >= 11 is 3.39. The smallest absolute Gasteiger partial charge is 0.332 e. The second kappa shape index (κ2) is 2.05. The first kappa shape index (κ1) is 7.74. The monoisotopic (exact) mass is 242 g/mol. The molecule has 0 aromatic carbocycles. The predicted octanol–water partition coefficient (Wildman–Crippen LogP) is 1.03. The lowest BCUT2D eigenvalue weighted by atomic mass is 9.85. The van der Waals surface area contributed by atoms with Crippen LogP contribution >= 0.6 is 15.9 Å². The van der Waals surface area contributed by atoms with Crippen molar-refractivity contribution in [3.05, 3.63) is 12.2 Å². The standard InChI is InChI=1S/C9H7BrO3/c10-9-5-2-1-4(3-5)6(9)7(11)13-8(9)12/h1-2,4-6H,3H2/t4-,5-,6+,9+/m0/s1. The van der Waals surface area contributed by atoms with Gasteiger partial charge in [0.25, 0.3) is 0 Å². The Morgan fingerprint density at radius 1 is 1.46 bits per heavy atom. The van der Waals surface area contributed by atoms with Crippen LogP contribution in [0.5, 0.6) is 0 Å². The molecule has 1 saturated heterocycles. The molecule has 2 fully saturated rings. The van der Waals surface area contributed by atoms with E-state index in [2.05, 4.69) is 20.7 Å². The maximum Gasteiger partial charge on any atom is 0.332 e. The average molecular weight is 243 g/mol. The highest BCUT2D eigenvalue weighted by Gasteiger charge is 2.68. The van der Waals surface area contributed by atoms with Crippen LogP contribution < -0.4 is 0 Å². The quantitative estimate of drug-likeness (QED) is 0.276. The molecule has 3 aliphatic rings. The lowest BCUT2D eigenvalue weighted by Crippen LogP contribution is -2.38. The zero-order chi connectivity index (χ0) is 9.22. The van der Waals surface area contributed by atoms with Gasteiger partial charge in [-0.1, -0.05) is 28.1 Å². The van der Waals surface area contributed by atoms with Crippen LogP contribution in [0.2, 0.25) is 0 Å². The fourth-order valence-corrected chi connectivity index (χ4v) is 3.63. The van der Waals surface area contributed by atoms with Crippen LogP contribution in [0.25, 0.3) is 0 Å². The van der Waals surface area contributed by atoms with Gasteiger partial charge in [0.2, 0.25) is 0 Å². The lowest BCUT2D eigenvalue weighted by Gasteiger charge is -2.23. The summed E-state index contributed by atoms with van der Waals surface area (Å²) in [6, 6.07) is 0. The molecule has 0 radical (unpaired) electrons. The van der Waals surface area contributed by atoms with Gasteiger partial charge in [-0.25, -0.2) is 4.79 Å². The molecule has 0 N–H and O–H groups in total. The summed E-state index contributed by atoms with van der Waals surface area (Å²) < 4.78 is 3.91. The first-order chi connectivity index (χ1) is 6.14. The number of carbonyl (C=O) groups excluding carboxylic acids is 2. The number of carbonyl (C=O) groups is 2. The molecule has 4 heteroatoms. The Morgan fingerprint density at radius 2 is 2.23 bits per heavy atom. The summed E-state index contributed by atoms with van der Waals surface area (Å²) in [6.07, 6.45) is 4.93. The summed E-state index contributed by atoms with van der Waals surface area (Å²) in [5, 5.41) is 0. The third-order valence-corrected chi connectivity index (χ3v) is 4.70. The summed E-state index contributed by atoms with van der Waals surface area (Å²) in [7, 11) is 0. The normalized spacial score (nSPS) is 51.3. The number of halogens is 1. The van der Waals surface area contributed by atoms with Crippen molar-refractivity contribution in [3.63, 3.8) is 0 Å². The van der Waals surface area contributed by atoms with Gasteiger partial charge < -0.3 is 4.74 Å². The van der Waals surface area contributed by atoms with Crippen LogP contribution in [-0.2, 0) is 14.3 Å². The second-order valence-corrected chi connectivity index (χ2v) is 5.16. The molecular formula is C9H7BrO3. The van der Waals surface area contributed by atoms with Crippen LogP contribution in [0, 0.1) is 17.8 Å². The van der Waals surface area contributed by atoms with E-state index in [9.17, 15) is 9.59 Å². The van der Waals surface area contributed by atoms with Gasteiger partial charge in [0.1, 0.15) is 4.32 Å². The maximum atomic E-state index is 11.5. The van der Waals surface area contributed by atoms with Crippen molar-refractivity contribution in [2.24, 2.45) is 17.8 Å². The number of fused-ring (bicyclic) bond motifs is 5. The van der Waals surface area contributed by atoms with Gasteiger partial charge in [-0.3, -0.25) is 4.79 Å². The van der Waals surface area contributed by atoms with Crippen molar-refractivity contribution >= 4 is 27.9 Å². The summed E-state index contributed by atoms with van der Waals surface area (Å²) in [4.78, 5) is 22.8. The zero-order valence-electron chi connectivity index (χ0n) is 6.70. The average Bonchev–Trinajstić information content (AvgIpc) is 2.66. The molecule has 0 amide bonds. The first-order valence-corrected chi connectivity index (χ1v) is 5.06. The van der Waals surface area contributed by atoms with Crippen LogP contribution in [-0.4, -0.2) is 16.3 Å².